The van der Waals surface area contributed by atoms with Crippen molar-refractivity contribution in [2.24, 2.45) is 4.99 Å². The molecule has 0 unspecified atom stereocenters. The van der Waals surface area contributed by atoms with Crippen LogP contribution in [0, 0.1) is 0 Å². The first-order valence-corrected chi connectivity index (χ1v) is 4.05. The first-order valence-electron chi connectivity index (χ1n) is 4.05. The van der Waals surface area contributed by atoms with Gasteiger partial charge >= 0.3 is 0 Å². The van der Waals surface area contributed by atoms with Crippen LogP contribution in [0.4, 0.5) is 0 Å². The lowest BCUT2D eigenvalue weighted by molar-refractivity contribution is 0.836. The van der Waals surface area contributed by atoms with Gasteiger partial charge in [-0.25, -0.2) is 0 Å². The van der Waals surface area contributed by atoms with Crippen molar-refractivity contribution in [1.29, 1.82) is 0 Å². The molecule has 0 amide bonds. The van der Waals surface area contributed by atoms with Crippen LogP contribution in [0.3, 0.4) is 0 Å². The molecule has 0 radical (unpaired) electrons. The van der Waals surface area contributed by atoms with Crippen molar-refractivity contribution < 1.29 is 0 Å². The Morgan fingerprint density at radius 2 is 2.10 bits per heavy atom. The normalized spacial score (nSPS) is 16.5. The highest BCUT2D eigenvalue weighted by Gasteiger charge is 1.90. The van der Waals surface area contributed by atoms with Crippen LogP contribution in [0.2, 0.25) is 0 Å². The zero-order valence-corrected chi connectivity index (χ0v) is 7.22. The molecule has 0 spiro atoms. The van der Waals surface area contributed by atoms with E-state index in [1.54, 1.807) is 0 Å². The number of hydrogen-bond acceptors (Lipinski definition) is 1. The summed E-state index contributed by atoms with van der Waals surface area (Å²) in [4.78, 5) is 4.12. The quantitative estimate of drug-likeness (QED) is 0.489. The Kier molecular flexibility index (Phi) is 6.14. The second-order valence-corrected chi connectivity index (χ2v) is 2.17. The average Bonchev–Trinajstić information content (AvgIpc) is 2.21. The zero-order chi connectivity index (χ0) is 7.82. The van der Waals surface area contributed by atoms with E-state index in [1.807, 2.05) is 20.1 Å². The Balaban J connectivity index is 0.000000371. The van der Waals surface area contributed by atoms with Gasteiger partial charge in [-0.2, -0.15) is 0 Å². The summed E-state index contributed by atoms with van der Waals surface area (Å²) in [5.74, 6) is 0. The number of aliphatic imine (C=N–C) groups is 1. The first kappa shape index (κ1) is 9.41. The van der Waals surface area contributed by atoms with Gasteiger partial charge in [-0.15, -0.1) is 0 Å². The number of nitrogens with zero attached hydrogens (tertiary/aromatic N) is 1. The van der Waals surface area contributed by atoms with Crippen molar-refractivity contribution in [2.75, 3.05) is 6.54 Å². The van der Waals surface area contributed by atoms with E-state index in [0.717, 1.165) is 6.54 Å². The largest absolute Gasteiger partial charge is 0.293 e. The van der Waals surface area contributed by atoms with Crippen molar-refractivity contribution in [3.8, 4) is 0 Å². The Morgan fingerprint density at radius 1 is 1.40 bits per heavy atom. The standard InChI is InChI=1S/C7H11N.C2H6/c1-7-3-2-5-8-6-4-7;1-2/h4,6H,2-3,5H2,1H3;1-2H3. The van der Waals surface area contributed by atoms with E-state index in [0.29, 0.717) is 0 Å². The van der Waals surface area contributed by atoms with Crippen molar-refractivity contribution in [3.05, 3.63) is 11.6 Å². The van der Waals surface area contributed by atoms with Gasteiger partial charge in [0, 0.05) is 12.8 Å². The molecule has 0 fully saturated rings. The van der Waals surface area contributed by atoms with Crippen LogP contribution in [-0.4, -0.2) is 12.8 Å². The highest BCUT2D eigenvalue weighted by atomic mass is 14.7. The molecule has 1 heterocycles. The van der Waals surface area contributed by atoms with Crippen LogP contribution in [0.5, 0.6) is 0 Å². The summed E-state index contributed by atoms with van der Waals surface area (Å²) < 4.78 is 0. The second-order valence-electron chi connectivity index (χ2n) is 2.17. The molecular weight excluding hydrogens is 122 g/mol. The molecule has 1 rings (SSSR count). The minimum Gasteiger partial charge on any atom is -0.293 e. The maximum atomic E-state index is 4.12. The molecule has 0 aromatic carbocycles. The number of rotatable bonds is 0. The van der Waals surface area contributed by atoms with Gasteiger partial charge in [0.2, 0.25) is 0 Å². The molecular formula is C9H17N. The van der Waals surface area contributed by atoms with Crippen molar-refractivity contribution in [3.63, 3.8) is 0 Å². The van der Waals surface area contributed by atoms with Crippen molar-refractivity contribution >= 4 is 6.21 Å². The van der Waals surface area contributed by atoms with Gasteiger partial charge in [0.05, 0.1) is 0 Å². The van der Waals surface area contributed by atoms with E-state index in [-0.39, 0.29) is 0 Å². The third kappa shape index (κ3) is 4.30. The monoisotopic (exact) mass is 139 g/mol. The van der Waals surface area contributed by atoms with E-state index in [1.165, 1.54) is 18.4 Å². The summed E-state index contributed by atoms with van der Waals surface area (Å²) in [6.45, 7) is 7.16. The number of allylic oxidation sites excluding steroid dienone is 2. The second kappa shape index (κ2) is 6.53. The Labute approximate surface area is 63.9 Å². The predicted octanol–water partition coefficient (Wildman–Crippen LogP) is 2.82. The fourth-order valence-electron chi connectivity index (χ4n) is 0.787. The average molecular weight is 139 g/mol. The fourth-order valence-corrected chi connectivity index (χ4v) is 0.787. The summed E-state index contributed by atoms with van der Waals surface area (Å²) in [5.41, 5.74) is 1.45. The van der Waals surface area contributed by atoms with E-state index in [9.17, 15) is 0 Å². The van der Waals surface area contributed by atoms with Gasteiger partial charge in [-0.05, 0) is 25.8 Å². The lowest BCUT2D eigenvalue weighted by Gasteiger charge is -1.90. The van der Waals surface area contributed by atoms with Crippen LogP contribution in [-0.2, 0) is 0 Å². The molecule has 0 bridgehead atoms. The maximum Gasteiger partial charge on any atom is 0.0392 e. The highest BCUT2D eigenvalue weighted by molar-refractivity contribution is 5.72. The van der Waals surface area contributed by atoms with Gasteiger partial charge < -0.3 is 0 Å². The van der Waals surface area contributed by atoms with Crippen molar-refractivity contribution in [1.82, 2.24) is 0 Å². The van der Waals surface area contributed by atoms with E-state index in [2.05, 4.69) is 18.0 Å². The summed E-state index contributed by atoms with van der Waals surface area (Å²) in [6.07, 6.45) is 6.44. The smallest absolute Gasteiger partial charge is 0.0392 e. The molecule has 0 saturated heterocycles. The van der Waals surface area contributed by atoms with Gasteiger partial charge in [0.15, 0.2) is 0 Å². The summed E-state index contributed by atoms with van der Waals surface area (Å²) >= 11 is 0. The molecule has 0 saturated carbocycles. The number of hydrogen-bond donors (Lipinski definition) is 0. The molecule has 0 atom stereocenters. The lowest BCUT2D eigenvalue weighted by atomic mass is 10.2. The SMILES string of the molecule is CC.CC1=CC=NCCC1. The lowest BCUT2D eigenvalue weighted by Crippen LogP contribution is -1.77. The molecule has 1 aliphatic rings. The van der Waals surface area contributed by atoms with Crippen LogP contribution in [0.25, 0.3) is 0 Å². The fraction of sp³-hybridized carbons (Fsp3) is 0.667. The Hall–Kier alpha value is -0.590. The zero-order valence-electron chi connectivity index (χ0n) is 7.22. The molecule has 0 N–H and O–H groups in total. The predicted molar refractivity (Wildman–Crippen MR) is 47.7 cm³/mol. The molecule has 0 aromatic rings. The van der Waals surface area contributed by atoms with Gasteiger partial charge in [0.1, 0.15) is 0 Å². The molecule has 0 aromatic heterocycles. The minimum atomic E-state index is 1.01. The molecule has 10 heavy (non-hydrogen) atoms. The third-order valence-corrected chi connectivity index (χ3v) is 1.32. The van der Waals surface area contributed by atoms with Crippen LogP contribution in [0.1, 0.15) is 33.6 Å². The molecule has 1 aliphatic heterocycles. The highest BCUT2D eigenvalue weighted by Crippen LogP contribution is 2.04. The van der Waals surface area contributed by atoms with Gasteiger partial charge in [-0.3, -0.25) is 4.99 Å². The topological polar surface area (TPSA) is 12.4 Å². The minimum absolute atomic E-state index is 1.01. The van der Waals surface area contributed by atoms with Gasteiger partial charge in [0.25, 0.3) is 0 Å². The molecule has 1 heteroatoms. The van der Waals surface area contributed by atoms with E-state index >= 15 is 0 Å². The summed E-state index contributed by atoms with van der Waals surface area (Å²) in [7, 11) is 0. The van der Waals surface area contributed by atoms with Crippen LogP contribution < -0.4 is 0 Å². The molecule has 0 aliphatic carbocycles. The molecule has 1 nitrogen and oxygen atoms in total. The van der Waals surface area contributed by atoms with E-state index < -0.39 is 0 Å². The van der Waals surface area contributed by atoms with Crippen LogP contribution >= 0.6 is 0 Å². The third-order valence-electron chi connectivity index (χ3n) is 1.32. The maximum absolute atomic E-state index is 4.12. The summed E-state index contributed by atoms with van der Waals surface area (Å²) in [6, 6.07) is 0. The van der Waals surface area contributed by atoms with Gasteiger partial charge in [-0.1, -0.05) is 19.4 Å². The summed E-state index contributed by atoms with van der Waals surface area (Å²) in [5, 5.41) is 0. The molecule has 58 valence electrons. The Bertz CT molecular complexity index is 123. The first-order chi connectivity index (χ1) is 4.89. The van der Waals surface area contributed by atoms with Crippen LogP contribution in [0.15, 0.2) is 16.6 Å². The Morgan fingerprint density at radius 3 is 2.80 bits per heavy atom. The van der Waals surface area contributed by atoms with E-state index in [4.69, 9.17) is 0 Å². The van der Waals surface area contributed by atoms with Crippen molar-refractivity contribution in [2.45, 2.75) is 33.6 Å².